The first-order valence-corrected chi connectivity index (χ1v) is 10.1. The van der Waals surface area contributed by atoms with Crippen molar-refractivity contribution in [3.63, 3.8) is 0 Å². The number of nitrogens with zero attached hydrogens (tertiary/aromatic N) is 1. The third kappa shape index (κ3) is 2.95. The molecule has 0 radical (unpaired) electrons. The molecule has 24 heavy (non-hydrogen) atoms. The van der Waals surface area contributed by atoms with Crippen LogP contribution in [0.4, 0.5) is 13.2 Å². The Kier molecular flexibility index (Phi) is 4.21. The molecule has 2 atom stereocenters. The minimum Gasteiger partial charge on any atom is -0.344 e. The number of thiazole rings is 1. The van der Waals surface area contributed by atoms with Gasteiger partial charge in [0.15, 0.2) is 14.8 Å². The largest absolute Gasteiger partial charge is 0.443 e. The Labute approximate surface area is 143 Å². The van der Waals surface area contributed by atoms with Crippen molar-refractivity contribution in [2.75, 3.05) is 0 Å². The second kappa shape index (κ2) is 5.81. The molecule has 1 amide bonds. The fourth-order valence-corrected chi connectivity index (χ4v) is 6.34. The molecule has 0 aliphatic carbocycles. The first-order valence-electron chi connectivity index (χ1n) is 6.75. The summed E-state index contributed by atoms with van der Waals surface area (Å²) < 4.78 is 62.4. The van der Waals surface area contributed by atoms with Crippen LogP contribution in [-0.2, 0) is 16.0 Å². The van der Waals surface area contributed by atoms with Gasteiger partial charge in [0.05, 0.1) is 11.3 Å². The molecule has 0 spiro atoms. The number of aromatic nitrogens is 1. The fraction of sp³-hybridized carbons (Fsp3) is 0.385. The van der Waals surface area contributed by atoms with Crippen LogP contribution in [0.15, 0.2) is 21.0 Å². The fourth-order valence-electron chi connectivity index (χ4n) is 2.44. The molecule has 3 heterocycles. The highest BCUT2D eigenvalue weighted by molar-refractivity contribution is 7.94. The summed E-state index contributed by atoms with van der Waals surface area (Å²) in [5.41, 5.74) is 0.142. The molecule has 11 heteroatoms. The van der Waals surface area contributed by atoms with Gasteiger partial charge >= 0.3 is 6.18 Å². The molecule has 2 aromatic rings. The van der Waals surface area contributed by atoms with Gasteiger partial charge in [-0.15, -0.1) is 22.7 Å². The van der Waals surface area contributed by atoms with Gasteiger partial charge in [0.25, 0.3) is 5.91 Å². The molecule has 130 valence electrons. The van der Waals surface area contributed by atoms with E-state index >= 15 is 0 Å². The zero-order chi connectivity index (χ0) is 17.7. The van der Waals surface area contributed by atoms with Crippen molar-refractivity contribution < 1.29 is 26.4 Å². The lowest BCUT2D eigenvalue weighted by molar-refractivity contribution is -0.137. The predicted molar refractivity (Wildman–Crippen MR) is 82.9 cm³/mol. The van der Waals surface area contributed by atoms with E-state index in [0.29, 0.717) is 16.9 Å². The predicted octanol–water partition coefficient (Wildman–Crippen LogP) is 3.26. The maximum absolute atomic E-state index is 12.6. The summed E-state index contributed by atoms with van der Waals surface area (Å²) in [6.45, 7) is 1.54. The van der Waals surface area contributed by atoms with E-state index < -0.39 is 38.2 Å². The molecule has 1 aliphatic heterocycles. The third-order valence-electron chi connectivity index (χ3n) is 3.67. The monoisotopic (exact) mass is 396 g/mol. The lowest BCUT2D eigenvalue weighted by atomic mass is 10.0. The summed E-state index contributed by atoms with van der Waals surface area (Å²) >= 11 is 1.41. The highest BCUT2D eigenvalue weighted by Crippen LogP contribution is 2.39. The Hall–Kier alpha value is -1.46. The van der Waals surface area contributed by atoms with Crippen molar-refractivity contribution in [3.05, 3.63) is 33.1 Å². The van der Waals surface area contributed by atoms with Crippen molar-refractivity contribution in [2.45, 2.75) is 35.0 Å². The minimum atomic E-state index is -4.60. The Bertz CT molecular complexity index is 886. The zero-order valence-corrected chi connectivity index (χ0v) is 14.6. The van der Waals surface area contributed by atoms with E-state index in [9.17, 15) is 26.4 Å². The van der Waals surface area contributed by atoms with Crippen molar-refractivity contribution in [2.24, 2.45) is 0 Å². The van der Waals surface area contributed by atoms with Gasteiger partial charge in [-0.1, -0.05) is 0 Å². The summed E-state index contributed by atoms with van der Waals surface area (Å²) in [6.07, 6.45) is -4.44. The SMILES string of the molecule is C[C@H]1C[C@H](NC(=O)c2csc(C(F)(F)F)n2)c2ccsc2S1(=O)=O. The Balaban J connectivity index is 1.84. The van der Waals surface area contributed by atoms with Gasteiger partial charge in [0.2, 0.25) is 0 Å². The molecular weight excluding hydrogens is 385 g/mol. The molecular formula is C13H11F3N2O3S3. The average molecular weight is 396 g/mol. The van der Waals surface area contributed by atoms with E-state index in [0.717, 1.165) is 16.7 Å². The minimum absolute atomic E-state index is 0.161. The standard InChI is InChI=1S/C13H11F3N2O3S3/c1-6-4-8(7-2-3-22-11(7)24(6,20)21)17-10(19)9-5-23-12(18-9)13(14,15)16/h2-3,5-6,8H,4H2,1H3,(H,17,19)/t6-,8-/m0/s1. The Morgan fingerprint density at radius 1 is 1.38 bits per heavy atom. The van der Waals surface area contributed by atoms with Crippen LogP contribution in [0.1, 0.15) is 40.4 Å². The summed E-state index contributed by atoms with van der Waals surface area (Å²) in [4.78, 5) is 15.5. The number of carbonyl (C=O) groups excluding carboxylic acids is 1. The third-order valence-corrected chi connectivity index (χ3v) is 8.27. The van der Waals surface area contributed by atoms with Crippen molar-refractivity contribution >= 4 is 38.4 Å². The van der Waals surface area contributed by atoms with Gasteiger partial charge in [-0.25, -0.2) is 13.4 Å². The van der Waals surface area contributed by atoms with Crippen LogP contribution >= 0.6 is 22.7 Å². The second-order valence-corrected chi connectivity index (χ2v) is 9.65. The lowest BCUT2D eigenvalue weighted by Crippen LogP contribution is -2.36. The van der Waals surface area contributed by atoms with E-state index in [1.54, 1.807) is 18.4 Å². The summed E-state index contributed by atoms with van der Waals surface area (Å²) in [5, 5.41) is 3.46. The highest BCUT2D eigenvalue weighted by atomic mass is 32.2. The molecule has 0 aromatic carbocycles. The second-order valence-electron chi connectivity index (χ2n) is 5.32. The van der Waals surface area contributed by atoms with Crippen LogP contribution in [0, 0.1) is 0 Å². The molecule has 1 aliphatic rings. The number of amides is 1. The number of halogens is 3. The molecule has 5 nitrogen and oxygen atoms in total. The normalized spacial score (nSPS) is 22.8. The van der Waals surface area contributed by atoms with Crippen molar-refractivity contribution in [1.29, 1.82) is 0 Å². The van der Waals surface area contributed by atoms with Crippen molar-refractivity contribution in [3.8, 4) is 0 Å². The lowest BCUT2D eigenvalue weighted by Gasteiger charge is -2.27. The van der Waals surface area contributed by atoms with Crippen LogP contribution in [0.25, 0.3) is 0 Å². The topological polar surface area (TPSA) is 76.1 Å². The molecule has 0 unspecified atom stereocenters. The average Bonchev–Trinajstić information content (AvgIpc) is 3.13. The van der Waals surface area contributed by atoms with Crippen LogP contribution in [-0.4, -0.2) is 24.6 Å². The number of hydrogen-bond acceptors (Lipinski definition) is 6. The molecule has 2 aromatic heterocycles. The maximum Gasteiger partial charge on any atom is 0.443 e. The first kappa shape index (κ1) is 17.4. The van der Waals surface area contributed by atoms with Gasteiger partial charge in [0.1, 0.15) is 9.90 Å². The molecule has 0 fully saturated rings. The summed E-state index contributed by atoms with van der Waals surface area (Å²) in [5.74, 6) is -0.754. The number of alkyl halides is 3. The highest BCUT2D eigenvalue weighted by Gasteiger charge is 2.39. The number of fused-ring (bicyclic) bond motifs is 1. The van der Waals surface area contributed by atoms with Gasteiger partial charge in [-0.05, 0) is 24.8 Å². The maximum atomic E-state index is 12.6. The van der Waals surface area contributed by atoms with E-state index in [-0.39, 0.29) is 16.3 Å². The first-order chi connectivity index (χ1) is 11.1. The molecule has 1 N–H and O–H groups in total. The van der Waals surface area contributed by atoms with E-state index in [1.807, 2.05) is 0 Å². The summed E-state index contributed by atoms with van der Waals surface area (Å²) in [6, 6.07) is 1.03. The molecule has 0 bridgehead atoms. The quantitative estimate of drug-likeness (QED) is 0.845. The van der Waals surface area contributed by atoms with E-state index in [1.165, 1.54) is 0 Å². The number of rotatable bonds is 2. The van der Waals surface area contributed by atoms with E-state index in [4.69, 9.17) is 0 Å². The number of sulfone groups is 1. The number of thiophene rings is 1. The van der Waals surface area contributed by atoms with Crippen LogP contribution in [0.5, 0.6) is 0 Å². The van der Waals surface area contributed by atoms with Crippen LogP contribution < -0.4 is 5.32 Å². The smallest absolute Gasteiger partial charge is 0.344 e. The van der Waals surface area contributed by atoms with Crippen LogP contribution in [0.2, 0.25) is 0 Å². The number of nitrogens with one attached hydrogen (secondary N) is 1. The van der Waals surface area contributed by atoms with Gasteiger partial charge in [-0.3, -0.25) is 4.79 Å². The van der Waals surface area contributed by atoms with Gasteiger partial charge in [0, 0.05) is 10.9 Å². The Morgan fingerprint density at radius 3 is 2.71 bits per heavy atom. The van der Waals surface area contributed by atoms with Crippen LogP contribution in [0.3, 0.4) is 0 Å². The van der Waals surface area contributed by atoms with Crippen molar-refractivity contribution in [1.82, 2.24) is 10.3 Å². The zero-order valence-electron chi connectivity index (χ0n) is 12.1. The van der Waals surface area contributed by atoms with Gasteiger partial charge in [-0.2, -0.15) is 13.2 Å². The molecule has 3 rings (SSSR count). The number of carbonyl (C=O) groups is 1. The van der Waals surface area contributed by atoms with Gasteiger partial charge < -0.3 is 5.32 Å². The summed E-state index contributed by atoms with van der Waals surface area (Å²) in [7, 11) is -3.42. The molecule has 0 saturated carbocycles. The van der Waals surface area contributed by atoms with E-state index in [2.05, 4.69) is 10.3 Å². The molecule has 0 saturated heterocycles. The number of hydrogen-bond donors (Lipinski definition) is 1. The Morgan fingerprint density at radius 2 is 2.08 bits per heavy atom.